The fourth-order valence-electron chi connectivity index (χ4n) is 1.83. The van der Waals surface area contributed by atoms with Crippen LogP contribution in [-0.4, -0.2) is 25.7 Å². The van der Waals surface area contributed by atoms with Gasteiger partial charge in [0.15, 0.2) is 5.96 Å². The van der Waals surface area contributed by atoms with Crippen molar-refractivity contribution in [2.24, 2.45) is 10.7 Å². The first-order chi connectivity index (χ1) is 9.80. The molecule has 0 saturated carbocycles. The van der Waals surface area contributed by atoms with Crippen LogP contribution >= 0.6 is 0 Å². The van der Waals surface area contributed by atoms with Crippen LogP contribution in [-0.2, 0) is 5.41 Å². The zero-order valence-electron chi connectivity index (χ0n) is 13.6. The molecular weight excluding hydrogens is 262 g/mol. The number of aliphatic imine (C=N–C) groups is 1. The van der Waals surface area contributed by atoms with Crippen molar-refractivity contribution in [3.05, 3.63) is 42.0 Å². The first-order valence-corrected chi connectivity index (χ1v) is 7.21. The van der Waals surface area contributed by atoms with Gasteiger partial charge in [-0.2, -0.15) is 0 Å². The van der Waals surface area contributed by atoms with Crippen LogP contribution in [0.5, 0.6) is 5.75 Å². The molecule has 1 aromatic rings. The van der Waals surface area contributed by atoms with Crippen LogP contribution in [0.2, 0.25) is 0 Å². The highest BCUT2D eigenvalue weighted by Gasteiger charge is 2.18. The molecule has 0 aromatic heterocycles. The number of ether oxygens (including phenoxy) is 1. The second-order valence-corrected chi connectivity index (χ2v) is 6.18. The van der Waals surface area contributed by atoms with Crippen LogP contribution in [0.25, 0.3) is 0 Å². The summed E-state index contributed by atoms with van der Waals surface area (Å²) in [6.07, 6.45) is 0. The molecule has 4 heteroatoms. The van der Waals surface area contributed by atoms with Crippen molar-refractivity contribution in [2.75, 3.05) is 19.7 Å². The van der Waals surface area contributed by atoms with E-state index in [-0.39, 0.29) is 5.41 Å². The van der Waals surface area contributed by atoms with E-state index >= 15 is 0 Å². The van der Waals surface area contributed by atoms with Crippen LogP contribution in [0.15, 0.2) is 41.4 Å². The van der Waals surface area contributed by atoms with Crippen molar-refractivity contribution in [1.82, 2.24) is 5.32 Å². The summed E-state index contributed by atoms with van der Waals surface area (Å²) in [6.45, 7) is 13.9. The van der Waals surface area contributed by atoms with Gasteiger partial charge < -0.3 is 15.8 Å². The van der Waals surface area contributed by atoms with Gasteiger partial charge in [-0.3, -0.25) is 0 Å². The highest BCUT2D eigenvalue weighted by Crippen LogP contribution is 2.30. The predicted molar refractivity (Wildman–Crippen MR) is 89.9 cm³/mol. The van der Waals surface area contributed by atoms with Gasteiger partial charge >= 0.3 is 0 Å². The zero-order chi connectivity index (χ0) is 15.9. The molecule has 0 aliphatic carbocycles. The summed E-state index contributed by atoms with van der Waals surface area (Å²) >= 11 is 0. The first kappa shape index (κ1) is 17.1. The summed E-state index contributed by atoms with van der Waals surface area (Å²) in [6, 6.07) is 8.12. The fraction of sp³-hybridized carbons (Fsp3) is 0.471. The Morgan fingerprint density at radius 3 is 2.62 bits per heavy atom. The van der Waals surface area contributed by atoms with Gasteiger partial charge in [-0.05, 0) is 24.0 Å². The topological polar surface area (TPSA) is 59.6 Å². The number of guanidine groups is 1. The lowest BCUT2D eigenvalue weighted by Crippen LogP contribution is -2.35. The third kappa shape index (κ3) is 6.34. The minimum absolute atomic E-state index is 0.0615. The maximum absolute atomic E-state index is 5.85. The van der Waals surface area contributed by atoms with E-state index in [9.17, 15) is 0 Å². The monoisotopic (exact) mass is 289 g/mol. The highest BCUT2D eigenvalue weighted by molar-refractivity contribution is 5.77. The van der Waals surface area contributed by atoms with E-state index in [1.54, 1.807) is 0 Å². The molecule has 0 spiro atoms. The van der Waals surface area contributed by atoms with E-state index in [2.05, 4.69) is 43.7 Å². The normalized spacial score (nSPS) is 12.1. The van der Waals surface area contributed by atoms with Gasteiger partial charge in [-0.15, -0.1) is 0 Å². The number of benzene rings is 1. The third-order valence-corrected chi connectivity index (χ3v) is 2.88. The van der Waals surface area contributed by atoms with Gasteiger partial charge in [0.1, 0.15) is 12.4 Å². The Balaban J connectivity index is 2.47. The van der Waals surface area contributed by atoms with E-state index in [1.165, 1.54) is 5.56 Å². The molecule has 0 aliphatic rings. The van der Waals surface area contributed by atoms with Gasteiger partial charge in [0.05, 0.1) is 13.1 Å². The Hall–Kier alpha value is -1.97. The van der Waals surface area contributed by atoms with Crippen molar-refractivity contribution in [2.45, 2.75) is 33.1 Å². The number of nitrogens with one attached hydrogen (secondary N) is 1. The lowest BCUT2D eigenvalue weighted by atomic mass is 9.86. The maximum Gasteiger partial charge on any atom is 0.189 e. The van der Waals surface area contributed by atoms with Gasteiger partial charge in [0.2, 0.25) is 0 Å². The number of nitrogens with zero attached hydrogens (tertiary/aromatic N) is 1. The number of nitrogens with two attached hydrogens (primary N) is 1. The molecule has 0 radical (unpaired) electrons. The van der Waals surface area contributed by atoms with E-state index in [0.29, 0.717) is 25.7 Å². The van der Waals surface area contributed by atoms with Crippen molar-refractivity contribution in [3.8, 4) is 5.75 Å². The first-order valence-electron chi connectivity index (χ1n) is 7.21. The smallest absolute Gasteiger partial charge is 0.189 e. The number of hydrogen-bond acceptors (Lipinski definition) is 2. The summed E-state index contributed by atoms with van der Waals surface area (Å²) < 4.78 is 5.85. The van der Waals surface area contributed by atoms with Crippen LogP contribution in [0, 0.1) is 0 Å². The standard InChI is InChI=1S/C17H27N3O/c1-13(2)12-20-16(18)19-10-11-21-15-9-7-6-8-14(15)17(3,4)5/h6-9H,1,10-12H2,2-5H3,(H3,18,19,20). The van der Waals surface area contributed by atoms with Crippen LogP contribution < -0.4 is 15.8 Å². The number of rotatable bonds is 6. The number of para-hydroxylation sites is 1. The molecule has 116 valence electrons. The quantitative estimate of drug-likeness (QED) is 0.366. The minimum atomic E-state index is 0.0615. The minimum Gasteiger partial charge on any atom is -0.491 e. The maximum atomic E-state index is 5.85. The molecule has 0 saturated heterocycles. The van der Waals surface area contributed by atoms with E-state index in [0.717, 1.165) is 11.3 Å². The Labute approximate surface area is 128 Å². The zero-order valence-corrected chi connectivity index (χ0v) is 13.6. The van der Waals surface area contributed by atoms with Gasteiger partial charge in [-0.25, -0.2) is 4.99 Å². The van der Waals surface area contributed by atoms with E-state index in [4.69, 9.17) is 10.5 Å². The van der Waals surface area contributed by atoms with Crippen molar-refractivity contribution >= 4 is 5.96 Å². The second kappa shape index (κ2) is 7.72. The van der Waals surface area contributed by atoms with Crippen LogP contribution in [0.1, 0.15) is 33.3 Å². The summed E-state index contributed by atoms with van der Waals surface area (Å²) in [5.74, 6) is 1.34. The van der Waals surface area contributed by atoms with Gasteiger partial charge in [0, 0.05) is 0 Å². The molecule has 0 atom stereocenters. The highest BCUT2D eigenvalue weighted by atomic mass is 16.5. The predicted octanol–water partition coefficient (Wildman–Crippen LogP) is 2.84. The molecular formula is C17H27N3O. The Morgan fingerprint density at radius 2 is 2.00 bits per heavy atom. The molecule has 0 heterocycles. The largest absolute Gasteiger partial charge is 0.491 e. The van der Waals surface area contributed by atoms with Crippen LogP contribution in [0.4, 0.5) is 0 Å². The molecule has 0 bridgehead atoms. The average Bonchev–Trinajstić information content (AvgIpc) is 2.40. The summed E-state index contributed by atoms with van der Waals surface area (Å²) in [5, 5.41) is 3.03. The van der Waals surface area contributed by atoms with E-state index in [1.807, 2.05) is 25.1 Å². The second-order valence-electron chi connectivity index (χ2n) is 6.18. The molecule has 0 unspecified atom stereocenters. The number of hydrogen-bond donors (Lipinski definition) is 2. The van der Waals surface area contributed by atoms with Gasteiger partial charge in [0.25, 0.3) is 0 Å². The molecule has 3 N–H and O–H groups in total. The van der Waals surface area contributed by atoms with Crippen molar-refractivity contribution in [3.63, 3.8) is 0 Å². The molecule has 1 rings (SSSR count). The SMILES string of the molecule is C=C(C)CN=C(N)NCCOc1ccccc1C(C)(C)C. The van der Waals surface area contributed by atoms with Gasteiger partial charge in [-0.1, -0.05) is 51.1 Å². The molecule has 4 nitrogen and oxygen atoms in total. The Kier molecular flexibility index (Phi) is 6.28. The van der Waals surface area contributed by atoms with Crippen LogP contribution in [0.3, 0.4) is 0 Å². The Morgan fingerprint density at radius 1 is 1.33 bits per heavy atom. The molecule has 0 aliphatic heterocycles. The lowest BCUT2D eigenvalue weighted by Gasteiger charge is -2.22. The van der Waals surface area contributed by atoms with Crippen molar-refractivity contribution < 1.29 is 4.74 Å². The third-order valence-electron chi connectivity index (χ3n) is 2.88. The lowest BCUT2D eigenvalue weighted by molar-refractivity contribution is 0.313. The molecule has 0 fully saturated rings. The summed E-state index contributed by atoms with van der Waals surface area (Å²) in [4.78, 5) is 4.15. The van der Waals surface area contributed by atoms with Crippen molar-refractivity contribution in [1.29, 1.82) is 0 Å². The average molecular weight is 289 g/mol. The fourth-order valence-corrected chi connectivity index (χ4v) is 1.83. The molecule has 0 amide bonds. The summed E-state index contributed by atoms with van der Waals surface area (Å²) in [7, 11) is 0. The Bertz CT molecular complexity index is 501. The summed E-state index contributed by atoms with van der Waals surface area (Å²) in [5.41, 5.74) is 7.99. The molecule has 1 aromatic carbocycles. The van der Waals surface area contributed by atoms with E-state index < -0.39 is 0 Å². The molecule has 21 heavy (non-hydrogen) atoms.